The second-order valence-corrected chi connectivity index (χ2v) is 4.69. The van der Waals surface area contributed by atoms with Crippen molar-refractivity contribution in [3.05, 3.63) is 58.2 Å². The highest BCUT2D eigenvalue weighted by Gasteiger charge is 2.11. The van der Waals surface area contributed by atoms with Crippen molar-refractivity contribution in [2.45, 2.75) is 13.0 Å². The number of aromatic nitrogens is 4. The lowest BCUT2D eigenvalue weighted by Crippen LogP contribution is -2.17. The van der Waals surface area contributed by atoms with Gasteiger partial charge in [0.05, 0.1) is 12.9 Å². The van der Waals surface area contributed by atoms with E-state index in [1.165, 1.54) is 12.4 Å². The number of nitrogens with one attached hydrogen (secondary N) is 1. The summed E-state index contributed by atoms with van der Waals surface area (Å²) in [7, 11) is 0. The number of halogens is 1. The maximum atomic E-state index is 13.7. The molecule has 0 fully saturated rings. The first-order valence-corrected chi connectivity index (χ1v) is 6.56. The normalized spacial score (nSPS) is 11.1. The van der Waals surface area contributed by atoms with Crippen molar-refractivity contribution >= 4 is 11.2 Å². The van der Waals surface area contributed by atoms with E-state index in [4.69, 9.17) is 5.73 Å². The second kappa shape index (κ2) is 5.45. The van der Waals surface area contributed by atoms with Crippen LogP contribution in [-0.2, 0) is 13.0 Å². The molecule has 1 aromatic carbocycles. The summed E-state index contributed by atoms with van der Waals surface area (Å²) >= 11 is 0. The van der Waals surface area contributed by atoms with Gasteiger partial charge in [0, 0.05) is 12.0 Å². The highest BCUT2D eigenvalue weighted by atomic mass is 19.1. The zero-order valence-corrected chi connectivity index (χ0v) is 11.2. The van der Waals surface area contributed by atoms with Gasteiger partial charge in [-0.25, -0.2) is 14.4 Å². The second-order valence-electron chi connectivity index (χ2n) is 4.69. The maximum Gasteiger partial charge on any atom is 0.277 e. The number of aromatic amines is 1. The van der Waals surface area contributed by atoms with E-state index in [1.807, 2.05) is 0 Å². The predicted octanol–water partition coefficient (Wildman–Crippen LogP) is 0.808. The van der Waals surface area contributed by atoms with Crippen molar-refractivity contribution in [1.29, 1.82) is 0 Å². The van der Waals surface area contributed by atoms with Gasteiger partial charge in [-0.15, -0.1) is 0 Å². The quantitative estimate of drug-likeness (QED) is 0.743. The fourth-order valence-corrected chi connectivity index (χ4v) is 2.22. The van der Waals surface area contributed by atoms with E-state index in [2.05, 4.69) is 15.0 Å². The smallest absolute Gasteiger partial charge is 0.277 e. The molecule has 2 aromatic heterocycles. The summed E-state index contributed by atoms with van der Waals surface area (Å²) in [6.45, 7) is 0.620. The minimum absolute atomic E-state index is 0.226. The molecule has 0 aliphatic rings. The Morgan fingerprint density at radius 3 is 2.90 bits per heavy atom. The fraction of sp³-hybridized carbons (Fsp3) is 0.214. The molecule has 3 rings (SSSR count). The first-order valence-electron chi connectivity index (χ1n) is 6.56. The molecule has 6 nitrogen and oxygen atoms in total. The van der Waals surface area contributed by atoms with Gasteiger partial charge in [-0.1, -0.05) is 18.2 Å². The lowest BCUT2D eigenvalue weighted by Gasteiger charge is -2.05. The van der Waals surface area contributed by atoms with Crippen LogP contribution in [0, 0.1) is 5.82 Å². The monoisotopic (exact) mass is 287 g/mol. The molecular weight excluding hydrogens is 273 g/mol. The van der Waals surface area contributed by atoms with Gasteiger partial charge in [0.15, 0.2) is 11.2 Å². The van der Waals surface area contributed by atoms with Gasteiger partial charge in [-0.3, -0.25) is 4.79 Å². The molecule has 3 aromatic rings. The maximum absolute atomic E-state index is 13.7. The zero-order chi connectivity index (χ0) is 14.8. The largest absolute Gasteiger partial charge is 0.330 e. The fourth-order valence-electron chi connectivity index (χ4n) is 2.22. The number of nitrogens with zero attached hydrogens (tertiary/aromatic N) is 3. The molecule has 0 bridgehead atoms. The van der Waals surface area contributed by atoms with Crippen LogP contribution in [0.3, 0.4) is 0 Å². The molecule has 2 heterocycles. The van der Waals surface area contributed by atoms with Gasteiger partial charge in [0.1, 0.15) is 11.6 Å². The Kier molecular flexibility index (Phi) is 3.49. The van der Waals surface area contributed by atoms with Crippen LogP contribution < -0.4 is 11.3 Å². The minimum atomic E-state index is -0.316. The molecule has 0 amide bonds. The van der Waals surface area contributed by atoms with Crippen LogP contribution in [0.2, 0.25) is 0 Å². The summed E-state index contributed by atoms with van der Waals surface area (Å²) in [5.41, 5.74) is 6.32. The Bertz CT molecular complexity index is 839. The van der Waals surface area contributed by atoms with Crippen molar-refractivity contribution in [1.82, 2.24) is 19.5 Å². The number of hydrogen-bond acceptors (Lipinski definition) is 4. The molecule has 0 spiro atoms. The molecule has 3 N–H and O–H groups in total. The van der Waals surface area contributed by atoms with Crippen LogP contribution >= 0.6 is 0 Å². The zero-order valence-electron chi connectivity index (χ0n) is 11.2. The van der Waals surface area contributed by atoms with E-state index in [-0.39, 0.29) is 17.9 Å². The van der Waals surface area contributed by atoms with Crippen LogP contribution in [0.1, 0.15) is 11.4 Å². The Morgan fingerprint density at radius 1 is 1.33 bits per heavy atom. The Hall–Kier alpha value is -2.54. The molecule has 0 saturated heterocycles. The van der Waals surface area contributed by atoms with Crippen LogP contribution in [0.5, 0.6) is 0 Å². The highest BCUT2D eigenvalue weighted by Crippen LogP contribution is 2.12. The van der Waals surface area contributed by atoms with E-state index in [9.17, 15) is 9.18 Å². The third-order valence-electron chi connectivity index (χ3n) is 3.21. The molecule has 21 heavy (non-hydrogen) atoms. The third-order valence-corrected chi connectivity index (χ3v) is 3.21. The number of H-pyrrole nitrogens is 1. The van der Waals surface area contributed by atoms with Crippen LogP contribution in [0.25, 0.3) is 11.2 Å². The number of nitrogens with two attached hydrogens (primary N) is 1. The van der Waals surface area contributed by atoms with Gasteiger partial charge < -0.3 is 15.3 Å². The molecular formula is C14H14FN5O. The number of fused-ring (bicyclic) bond motifs is 1. The summed E-state index contributed by atoms with van der Waals surface area (Å²) in [6.07, 6.45) is 1.97. The van der Waals surface area contributed by atoms with E-state index in [0.717, 1.165) is 0 Å². The summed E-state index contributed by atoms with van der Waals surface area (Å²) in [6, 6.07) is 6.43. The SMILES string of the molecule is NCCc1nc2ncn(Cc3ccccc3F)c2c(=O)[nH]1. The van der Waals surface area contributed by atoms with Crippen molar-refractivity contribution in [3.63, 3.8) is 0 Å². The molecule has 108 valence electrons. The Balaban J connectivity index is 2.05. The highest BCUT2D eigenvalue weighted by molar-refractivity contribution is 5.69. The average molecular weight is 287 g/mol. The summed E-state index contributed by atoms with van der Waals surface area (Å²) in [5, 5.41) is 0. The Morgan fingerprint density at radius 2 is 2.14 bits per heavy atom. The molecule has 7 heteroatoms. The topological polar surface area (TPSA) is 89.6 Å². The van der Waals surface area contributed by atoms with E-state index >= 15 is 0 Å². The van der Waals surface area contributed by atoms with Crippen molar-refractivity contribution in [2.24, 2.45) is 5.73 Å². The molecule has 0 atom stereocenters. The average Bonchev–Trinajstić information content (AvgIpc) is 2.85. The summed E-state index contributed by atoms with van der Waals surface area (Å²) in [4.78, 5) is 23.2. The third kappa shape index (κ3) is 2.55. The van der Waals surface area contributed by atoms with Crippen LogP contribution in [-0.4, -0.2) is 26.1 Å². The first kappa shape index (κ1) is 13.4. The van der Waals surface area contributed by atoms with Crippen LogP contribution in [0.4, 0.5) is 4.39 Å². The van der Waals surface area contributed by atoms with Gasteiger partial charge >= 0.3 is 0 Å². The van der Waals surface area contributed by atoms with Gasteiger partial charge in [-0.2, -0.15) is 0 Å². The van der Waals surface area contributed by atoms with Gasteiger partial charge in [0.25, 0.3) is 5.56 Å². The Labute approximate surface area is 119 Å². The minimum Gasteiger partial charge on any atom is -0.330 e. The molecule has 0 aliphatic heterocycles. The molecule has 0 unspecified atom stereocenters. The predicted molar refractivity (Wildman–Crippen MR) is 76.4 cm³/mol. The molecule has 0 radical (unpaired) electrons. The number of hydrogen-bond donors (Lipinski definition) is 2. The van der Waals surface area contributed by atoms with Crippen molar-refractivity contribution < 1.29 is 4.39 Å². The number of benzene rings is 1. The van der Waals surface area contributed by atoms with Crippen LogP contribution in [0.15, 0.2) is 35.4 Å². The van der Waals surface area contributed by atoms with Gasteiger partial charge in [-0.05, 0) is 12.6 Å². The molecule has 0 saturated carbocycles. The summed E-state index contributed by atoms with van der Waals surface area (Å²) < 4.78 is 15.3. The van der Waals surface area contributed by atoms with E-state index in [0.29, 0.717) is 35.5 Å². The first-order chi connectivity index (χ1) is 10.2. The molecule has 0 aliphatic carbocycles. The van der Waals surface area contributed by atoms with Crippen molar-refractivity contribution in [2.75, 3.05) is 6.54 Å². The van der Waals surface area contributed by atoms with Crippen molar-refractivity contribution in [3.8, 4) is 0 Å². The van der Waals surface area contributed by atoms with E-state index < -0.39 is 0 Å². The number of rotatable bonds is 4. The summed E-state index contributed by atoms with van der Waals surface area (Å²) in [5.74, 6) is 0.189. The number of imidazole rings is 1. The lowest BCUT2D eigenvalue weighted by atomic mass is 10.2. The lowest BCUT2D eigenvalue weighted by molar-refractivity contribution is 0.601. The van der Waals surface area contributed by atoms with E-state index in [1.54, 1.807) is 22.8 Å². The standard InChI is InChI=1S/C14H14FN5O/c15-10-4-2-1-3-9(10)7-20-8-17-13-12(20)14(21)19-11(18-13)5-6-16/h1-4,8H,5-7,16H2,(H,18,19,21). The van der Waals surface area contributed by atoms with Gasteiger partial charge in [0.2, 0.25) is 0 Å².